The maximum Gasteiger partial charge on any atom is 0.284 e. The van der Waals surface area contributed by atoms with Gasteiger partial charge in [-0.2, -0.15) is 5.26 Å². The molecule has 0 radical (unpaired) electrons. The van der Waals surface area contributed by atoms with Gasteiger partial charge in [0.1, 0.15) is 15.8 Å². The predicted octanol–water partition coefficient (Wildman–Crippen LogP) is 2.49. The van der Waals surface area contributed by atoms with Crippen molar-refractivity contribution in [2.45, 2.75) is 4.21 Å². The standard InChI is InChI=1S/C11H8N2OS2/c1-15-11-9(7-12)10(14)13(16-11)8-5-3-2-4-6-8/h2-6H,1H3. The van der Waals surface area contributed by atoms with E-state index in [2.05, 4.69) is 0 Å². The first-order valence-corrected chi connectivity index (χ1v) is 6.53. The second-order valence-electron chi connectivity index (χ2n) is 3.00. The van der Waals surface area contributed by atoms with E-state index in [9.17, 15) is 4.79 Å². The first kappa shape index (κ1) is 11.0. The number of thioether (sulfide) groups is 1. The number of para-hydroxylation sites is 1. The SMILES string of the molecule is CSc1sn(-c2ccccc2)c(=O)c1C#N. The van der Waals surface area contributed by atoms with Gasteiger partial charge in [-0.15, -0.1) is 11.8 Å². The Labute approximate surface area is 101 Å². The van der Waals surface area contributed by atoms with Gasteiger partial charge in [0.25, 0.3) is 5.56 Å². The molecule has 1 aromatic heterocycles. The van der Waals surface area contributed by atoms with Crippen LogP contribution in [0.5, 0.6) is 0 Å². The van der Waals surface area contributed by atoms with Crippen LogP contribution in [0.2, 0.25) is 0 Å². The topological polar surface area (TPSA) is 45.8 Å². The minimum atomic E-state index is -0.233. The lowest BCUT2D eigenvalue weighted by Gasteiger charge is -1.97. The van der Waals surface area contributed by atoms with E-state index in [1.807, 2.05) is 42.7 Å². The summed E-state index contributed by atoms with van der Waals surface area (Å²) in [5, 5.41) is 8.92. The number of hydrogen-bond donors (Lipinski definition) is 0. The molecular weight excluding hydrogens is 240 g/mol. The number of rotatable bonds is 2. The molecule has 3 nitrogen and oxygen atoms in total. The van der Waals surface area contributed by atoms with E-state index in [0.29, 0.717) is 0 Å². The van der Waals surface area contributed by atoms with Crippen molar-refractivity contribution in [3.63, 3.8) is 0 Å². The Morgan fingerprint density at radius 3 is 2.56 bits per heavy atom. The Morgan fingerprint density at radius 1 is 1.38 bits per heavy atom. The summed E-state index contributed by atoms with van der Waals surface area (Å²) >= 11 is 2.73. The van der Waals surface area contributed by atoms with Gasteiger partial charge in [0, 0.05) is 0 Å². The van der Waals surface area contributed by atoms with Crippen molar-refractivity contribution >= 4 is 23.3 Å². The summed E-state index contributed by atoms with van der Waals surface area (Å²) in [6, 6.07) is 11.3. The fourth-order valence-corrected chi connectivity index (χ4v) is 2.98. The summed E-state index contributed by atoms with van der Waals surface area (Å²) in [4.78, 5) is 11.9. The van der Waals surface area contributed by atoms with Crippen LogP contribution in [-0.4, -0.2) is 10.2 Å². The van der Waals surface area contributed by atoms with Crippen molar-refractivity contribution in [2.24, 2.45) is 0 Å². The molecule has 0 bridgehead atoms. The molecule has 0 aliphatic heterocycles. The van der Waals surface area contributed by atoms with Crippen LogP contribution < -0.4 is 5.56 Å². The molecule has 0 aliphatic rings. The molecule has 0 spiro atoms. The summed E-state index contributed by atoms with van der Waals surface area (Å²) < 4.78 is 2.31. The van der Waals surface area contributed by atoms with E-state index in [0.717, 1.165) is 9.90 Å². The lowest BCUT2D eigenvalue weighted by molar-refractivity contribution is 1.12. The second-order valence-corrected chi connectivity index (χ2v) is 5.04. The molecule has 80 valence electrons. The van der Waals surface area contributed by atoms with Crippen LogP contribution in [0.25, 0.3) is 5.69 Å². The van der Waals surface area contributed by atoms with Crippen LogP contribution in [0.4, 0.5) is 0 Å². The minimum Gasteiger partial charge on any atom is -0.266 e. The van der Waals surface area contributed by atoms with E-state index >= 15 is 0 Å². The van der Waals surface area contributed by atoms with Gasteiger partial charge in [-0.3, -0.25) is 4.79 Å². The lowest BCUT2D eigenvalue weighted by Crippen LogP contribution is -2.13. The highest BCUT2D eigenvalue weighted by atomic mass is 32.2. The van der Waals surface area contributed by atoms with Gasteiger partial charge in [-0.1, -0.05) is 18.2 Å². The van der Waals surface area contributed by atoms with Gasteiger partial charge in [0.2, 0.25) is 0 Å². The van der Waals surface area contributed by atoms with Crippen molar-refractivity contribution in [1.29, 1.82) is 5.26 Å². The summed E-state index contributed by atoms with van der Waals surface area (Å²) in [6.45, 7) is 0. The molecule has 1 heterocycles. The molecule has 5 heteroatoms. The molecule has 16 heavy (non-hydrogen) atoms. The van der Waals surface area contributed by atoms with Gasteiger partial charge in [0.15, 0.2) is 0 Å². The predicted molar refractivity (Wildman–Crippen MR) is 66.4 cm³/mol. The molecule has 1 aromatic carbocycles. The molecule has 0 N–H and O–H groups in total. The molecule has 2 rings (SSSR count). The third-order valence-corrected chi connectivity index (χ3v) is 4.29. The van der Waals surface area contributed by atoms with Crippen LogP contribution in [0.15, 0.2) is 39.3 Å². The Bertz CT molecular complexity index is 593. The van der Waals surface area contributed by atoms with Crippen LogP contribution in [0.1, 0.15) is 5.56 Å². The fraction of sp³-hybridized carbons (Fsp3) is 0.0909. The molecular formula is C11H8N2OS2. The van der Waals surface area contributed by atoms with Crippen molar-refractivity contribution in [3.8, 4) is 11.8 Å². The maximum absolute atomic E-state index is 11.9. The molecule has 0 aliphatic carbocycles. The van der Waals surface area contributed by atoms with E-state index < -0.39 is 0 Å². The normalized spacial score (nSPS) is 10.0. The number of aromatic nitrogens is 1. The van der Waals surface area contributed by atoms with Crippen LogP contribution >= 0.6 is 23.3 Å². The Hall–Kier alpha value is -1.51. The molecule has 0 saturated heterocycles. The quantitative estimate of drug-likeness (QED) is 0.767. The zero-order valence-corrected chi connectivity index (χ0v) is 10.1. The van der Waals surface area contributed by atoms with Gasteiger partial charge < -0.3 is 0 Å². The van der Waals surface area contributed by atoms with E-state index in [1.54, 1.807) is 3.96 Å². The van der Waals surface area contributed by atoms with Crippen molar-refractivity contribution < 1.29 is 0 Å². The number of nitrogens with zero attached hydrogens (tertiary/aromatic N) is 2. The lowest BCUT2D eigenvalue weighted by atomic mass is 10.3. The molecule has 0 saturated carbocycles. The third kappa shape index (κ3) is 1.77. The first-order chi connectivity index (χ1) is 7.77. The van der Waals surface area contributed by atoms with Crippen LogP contribution in [-0.2, 0) is 0 Å². The smallest absolute Gasteiger partial charge is 0.266 e. The Morgan fingerprint density at radius 2 is 2.06 bits per heavy atom. The monoisotopic (exact) mass is 248 g/mol. The zero-order valence-electron chi connectivity index (χ0n) is 8.51. The number of hydrogen-bond acceptors (Lipinski definition) is 4. The summed E-state index contributed by atoms with van der Waals surface area (Å²) in [5.74, 6) is 0. The summed E-state index contributed by atoms with van der Waals surface area (Å²) in [7, 11) is 0. The van der Waals surface area contributed by atoms with Crippen LogP contribution in [0, 0.1) is 11.3 Å². The minimum absolute atomic E-state index is 0.233. The van der Waals surface area contributed by atoms with E-state index in [-0.39, 0.29) is 11.1 Å². The average Bonchev–Trinajstić information content (AvgIpc) is 2.66. The number of nitriles is 1. The van der Waals surface area contributed by atoms with Gasteiger partial charge in [-0.05, 0) is 29.9 Å². The first-order valence-electron chi connectivity index (χ1n) is 4.53. The highest BCUT2D eigenvalue weighted by Gasteiger charge is 2.14. The average molecular weight is 248 g/mol. The zero-order chi connectivity index (χ0) is 11.5. The van der Waals surface area contributed by atoms with E-state index in [4.69, 9.17) is 5.26 Å². The highest BCUT2D eigenvalue weighted by Crippen LogP contribution is 2.25. The summed E-state index contributed by atoms with van der Waals surface area (Å²) in [5.41, 5.74) is 0.804. The summed E-state index contributed by atoms with van der Waals surface area (Å²) in [6.07, 6.45) is 1.86. The van der Waals surface area contributed by atoms with Crippen molar-refractivity contribution in [3.05, 3.63) is 46.2 Å². The highest BCUT2D eigenvalue weighted by molar-refractivity contribution is 8.00. The molecule has 2 aromatic rings. The largest absolute Gasteiger partial charge is 0.284 e. The molecule has 0 unspecified atom stereocenters. The van der Waals surface area contributed by atoms with Crippen LogP contribution in [0.3, 0.4) is 0 Å². The Balaban J connectivity index is 2.65. The maximum atomic E-state index is 11.9. The van der Waals surface area contributed by atoms with Gasteiger partial charge in [-0.25, -0.2) is 3.96 Å². The van der Waals surface area contributed by atoms with Gasteiger partial charge >= 0.3 is 0 Å². The molecule has 0 amide bonds. The number of benzene rings is 1. The van der Waals surface area contributed by atoms with Crippen molar-refractivity contribution in [2.75, 3.05) is 6.26 Å². The van der Waals surface area contributed by atoms with E-state index in [1.165, 1.54) is 23.3 Å². The fourth-order valence-electron chi connectivity index (χ4n) is 1.33. The Kier molecular flexibility index (Phi) is 3.13. The van der Waals surface area contributed by atoms with Crippen molar-refractivity contribution in [1.82, 2.24) is 3.96 Å². The second kappa shape index (κ2) is 4.56. The molecule has 0 fully saturated rings. The third-order valence-electron chi connectivity index (χ3n) is 2.06. The van der Waals surface area contributed by atoms with Gasteiger partial charge in [0.05, 0.1) is 5.69 Å². The molecule has 0 atom stereocenters.